The van der Waals surface area contributed by atoms with Crippen molar-refractivity contribution in [3.63, 3.8) is 0 Å². The van der Waals surface area contributed by atoms with Crippen LogP contribution in [0.25, 0.3) is 10.9 Å². The van der Waals surface area contributed by atoms with Gasteiger partial charge in [-0.05, 0) is 29.7 Å². The highest BCUT2D eigenvalue weighted by molar-refractivity contribution is 5.83. The molecule has 0 bridgehead atoms. The van der Waals surface area contributed by atoms with Gasteiger partial charge >= 0.3 is 0 Å². The van der Waals surface area contributed by atoms with E-state index in [1.54, 1.807) is 7.11 Å². The van der Waals surface area contributed by atoms with Crippen LogP contribution in [0.5, 0.6) is 5.75 Å². The van der Waals surface area contributed by atoms with Crippen LogP contribution in [0.4, 0.5) is 0 Å². The average molecular weight is 202 g/mol. The van der Waals surface area contributed by atoms with E-state index >= 15 is 0 Å². The lowest BCUT2D eigenvalue weighted by Crippen LogP contribution is -1.94. The molecule has 0 spiro atoms. The predicted molar refractivity (Wildman–Crippen MR) is 60.2 cm³/mol. The summed E-state index contributed by atoms with van der Waals surface area (Å²) >= 11 is 0. The third-order valence-corrected chi connectivity index (χ3v) is 2.50. The van der Waals surface area contributed by atoms with Crippen molar-refractivity contribution < 1.29 is 4.74 Å². The Balaban J connectivity index is 2.70. The lowest BCUT2D eigenvalue weighted by molar-refractivity contribution is 0.415. The van der Waals surface area contributed by atoms with Gasteiger partial charge in [-0.15, -0.1) is 0 Å². The number of nitrogens with zero attached hydrogens (tertiary/aromatic N) is 2. The fourth-order valence-corrected chi connectivity index (χ4v) is 1.64. The summed E-state index contributed by atoms with van der Waals surface area (Å²) in [5.74, 6) is 1.30. The van der Waals surface area contributed by atoms with E-state index in [1.807, 2.05) is 24.4 Å². The number of aromatic nitrogens is 2. The summed E-state index contributed by atoms with van der Waals surface area (Å²) in [5.41, 5.74) is 2.13. The Morgan fingerprint density at radius 2 is 2.07 bits per heavy atom. The highest BCUT2D eigenvalue weighted by Crippen LogP contribution is 2.26. The second kappa shape index (κ2) is 3.85. The molecule has 1 aromatic heterocycles. The van der Waals surface area contributed by atoms with Gasteiger partial charge in [-0.1, -0.05) is 13.8 Å². The fraction of sp³-hybridized carbons (Fsp3) is 0.333. The van der Waals surface area contributed by atoms with Crippen molar-refractivity contribution in [2.45, 2.75) is 19.8 Å². The van der Waals surface area contributed by atoms with Crippen LogP contribution in [0.3, 0.4) is 0 Å². The van der Waals surface area contributed by atoms with Crippen LogP contribution in [0.2, 0.25) is 0 Å². The molecule has 0 atom stereocenters. The molecular formula is C12H14N2O. The summed E-state index contributed by atoms with van der Waals surface area (Å²) in [5, 5.41) is 9.22. The van der Waals surface area contributed by atoms with E-state index in [9.17, 15) is 0 Å². The molecule has 2 aromatic rings. The maximum Gasteiger partial charge on any atom is 0.119 e. The van der Waals surface area contributed by atoms with Gasteiger partial charge in [0.2, 0.25) is 0 Å². The van der Waals surface area contributed by atoms with E-state index in [2.05, 4.69) is 24.0 Å². The molecule has 78 valence electrons. The number of rotatable bonds is 2. The number of fused-ring (bicyclic) bond motifs is 1. The largest absolute Gasteiger partial charge is 0.497 e. The minimum absolute atomic E-state index is 0.440. The van der Waals surface area contributed by atoms with Crippen molar-refractivity contribution in [3.05, 3.63) is 30.0 Å². The second-order valence-corrected chi connectivity index (χ2v) is 3.84. The number of methoxy groups -OCH3 is 1. The minimum atomic E-state index is 0.440. The molecule has 0 radical (unpaired) electrons. The smallest absolute Gasteiger partial charge is 0.119 e. The highest BCUT2D eigenvalue weighted by Gasteiger charge is 2.07. The second-order valence-electron chi connectivity index (χ2n) is 3.84. The van der Waals surface area contributed by atoms with E-state index in [0.29, 0.717) is 5.92 Å². The van der Waals surface area contributed by atoms with Crippen LogP contribution in [0.1, 0.15) is 25.3 Å². The zero-order valence-corrected chi connectivity index (χ0v) is 9.19. The van der Waals surface area contributed by atoms with E-state index in [-0.39, 0.29) is 0 Å². The van der Waals surface area contributed by atoms with Gasteiger partial charge in [0.05, 0.1) is 18.8 Å². The average Bonchev–Trinajstić information content (AvgIpc) is 2.27. The van der Waals surface area contributed by atoms with Crippen LogP contribution in [-0.2, 0) is 0 Å². The third-order valence-electron chi connectivity index (χ3n) is 2.50. The van der Waals surface area contributed by atoms with Crippen LogP contribution >= 0.6 is 0 Å². The lowest BCUT2D eigenvalue weighted by atomic mass is 10.0. The van der Waals surface area contributed by atoms with E-state index in [0.717, 1.165) is 16.7 Å². The SMILES string of the molecule is COc1ccc2nncc(C(C)C)c2c1. The molecule has 0 aliphatic heterocycles. The van der Waals surface area contributed by atoms with Crippen LogP contribution < -0.4 is 4.74 Å². The standard InChI is InChI=1S/C12H14N2O/c1-8(2)11-7-13-14-12-5-4-9(15-3)6-10(11)12/h4-8H,1-3H3. The molecule has 3 nitrogen and oxygen atoms in total. The van der Waals surface area contributed by atoms with Crippen molar-refractivity contribution in [2.75, 3.05) is 7.11 Å². The van der Waals surface area contributed by atoms with Gasteiger partial charge in [-0.3, -0.25) is 0 Å². The molecule has 1 heterocycles. The number of hydrogen-bond acceptors (Lipinski definition) is 3. The molecule has 1 aromatic carbocycles. The molecule has 0 saturated carbocycles. The topological polar surface area (TPSA) is 35.0 Å². The molecule has 0 saturated heterocycles. The summed E-state index contributed by atoms with van der Waals surface area (Å²) in [6.07, 6.45) is 1.83. The zero-order valence-electron chi connectivity index (χ0n) is 9.19. The molecule has 0 aliphatic carbocycles. The van der Waals surface area contributed by atoms with Gasteiger partial charge in [0.25, 0.3) is 0 Å². The molecule has 2 rings (SSSR count). The lowest BCUT2D eigenvalue weighted by Gasteiger charge is -2.09. The van der Waals surface area contributed by atoms with Gasteiger partial charge in [-0.2, -0.15) is 10.2 Å². The van der Waals surface area contributed by atoms with E-state index < -0.39 is 0 Å². The van der Waals surface area contributed by atoms with Crippen molar-refractivity contribution in [2.24, 2.45) is 0 Å². The van der Waals surface area contributed by atoms with Crippen molar-refractivity contribution in [3.8, 4) is 5.75 Å². The van der Waals surface area contributed by atoms with Crippen LogP contribution in [-0.4, -0.2) is 17.3 Å². The predicted octanol–water partition coefficient (Wildman–Crippen LogP) is 2.76. The van der Waals surface area contributed by atoms with E-state index in [4.69, 9.17) is 4.74 Å². The van der Waals surface area contributed by atoms with Gasteiger partial charge in [0.15, 0.2) is 0 Å². The first-order valence-corrected chi connectivity index (χ1v) is 5.01. The Kier molecular flexibility index (Phi) is 2.54. The highest BCUT2D eigenvalue weighted by atomic mass is 16.5. The number of ether oxygens (including phenoxy) is 1. The normalized spacial score (nSPS) is 10.9. The van der Waals surface area contributed by atoms with Gasteiger partial charge in [-0.25, -0.2) is 0 Å². The summed E-state index contributed by atoms with van der Waals surface area (Å²) in [7, 11) is 1.67. The molecule has 0 N–H and O–H groups in total. The Bertz CT molecular complexity index is 480. The Morgan fingerprint density at radius 3 is 2.73 bits per heavy atom. The van der Waals surface area contributed by atoms with Gasteiger partial charge in [0, 0.05) is 5.39 Å². The first-order chi connectivity index (χ1) is 7.22. The molecular weight excluding hydrogens is 188 g/mol. The first-order valence-electron chi connectivity index (χ1n) is 5.01. The molecule has 0 aliphatic rings. The van der Waals surface area contributed by atoms with Crippen LogP contribution in [0, 0.1) is 0 Å². The summed E-state index contributed by atoms with van der Waals surface area (Å²) in [6, 6.07) is 5.85. The Morgan fingerprint density at radius 1 is 1.27 bits per heavy atom. The maximum atomic E-state index is 5.21. The first kappa shape index (κ1) is 9.90. The molecule has 0 amide bonds. The molecule has 0 fully saturated rings. The minimum Gasteiger partial charge on any atom is -0.497 e. The summed E-state index contributed by atoms with van der Waals surface area (Å²) < 4.78 is 5.21. The van der Waals surface area contributed by atoms with Crippen LogP contribution in [0.15, 0.2) is 24.4 Å². The number of benzene rings is 1. The maximum absolute atomic E-state index is 5.21. The van der Waals surface area contributed by atoms with Crippen molar-refractivity contribution in [1.29, 1.82) is 0 Å². The Labute approximate surface area is 89.1 Å². The monoisotopic (exact) mass is 202 g/mol. The molecule has 3 heteroatoms. The van der Waals surface area contributed by atoms with Crippen molar-refractivity contribution in [1.82, 2.24) is 10.2 Å². The van der Waals surface area contributed by atoms with Crippen molar-refractivity contribution >= 4 is 10.9 Å². The zero-order chi connectivity index (χ0) is 10.8. The van der Waals surface area contributed by atoms with Gasteiger partial charge in [0.1, 0.15) is 5.75 Å². The van der Waals surface area contributed by atoms with E-state index in [1.165, 1.54) is 5.56 Å². The summed E-state index contributed by atoms with van der Waals surface area (Å²) in [6.45, 7) is 4.30. The third kappa shape index (κ3) is 1.77. The van der Waals surface area contributed by atoms with Gasteiger partial charge < -0.3 is 4.74 Å². The fourth-order valence-electron chi connectivity index (χ4n) is 1.64. The molecule has 0 unspecified atom stereocenters. The summed E-state index contributed by atoms with van der Waals surface area (Å²) in [4.78, 5) is 0. The molecule has 15 heavy (non-hydrogen) atoms. The number of hydrogen-bond donors (Lipinski definition) is 0. The quantitative estimate of drug-likeness (QED) is 0.751. The Hall–Kier alpha value is -1.64.